The van der Waals surface area contributed by atoms with Gasteiger partial charge in [0.05, 0.1) is 11.9 Å². The first kappa shape index (κ1) is 16.8. The Hall–Kier alpha value is -2.65. The van der Waals surface area contributed by atoms with Gasteiger partial charge in [-0.25, -0.2) is 9.37 Å². The summed E-state index contributed by atoms with van der Waals surface area (Å²) >= 11 is 1.50. The van der Waals surface area contributed by atoms with Crippen LogP contribution in [0.5, 0.6) is 0 Å². The van der Waals surface area contributed by atoms with Crippen LogP contribution in [0.25, 0.3) is 5.69 Å². The van der Waals surface area contributed by atoms with Crippen molar-refractivity contribution in [1.29, 1.82) is 0 Å². The van der Waals surface area contributed by atoms with E-state index in [0.717, 1.165) is 25.9 Å². The van der Waals surface area contributed by atoms with Crippen molar-refractivity contribution in [3.63, 3.8) is 0 Å². The van der Waals surface area contributed by atoms with E-state index < -0.39 is 0 Å². The number of halogens is 1. The van der Waals surface area contributed by atoms with Crippen molar-refractivity contribution >= 4 is 22.4 Å². The molecule has 3 aromatic rings. The van der Waals surface area contributed by atoms with Gasteiger partial charge in [-0.3, -0.25) is 10.1 Å². The molecule has 2 N–H and O–H groups in total. The minimum atomic E-state index is -0.371. The van der Waals surface area contributed by atoms with Crippen LogP contribution in [0.3, 0.4) is 0 Å². The number of amides is 1. The third-order valence-corrected chi connectivity index (χ3v) is 5.34. The van der Waals surface area contributed by atoms with Crippen molar-refractivity contribution < 1.29 is 9.18 Å². The van der Waals surface area contributed by atoms with Gasteiger partial charge in [-0.15, -0.1) is 16.4 Å². The first-order valence-electron chi connectivity index (χ1n) is 8.35. The molecule has 0 aliphatic carbocycles. The van der Waals surface area contributed by atoms with Crippen molar-refractivity contribution in [1.82, 2.24) is 25.3 Å². The Bertz CT molecular complexity index is 900. The highest BCUT2D eigenvalue weighted by molar-refractivity contribution is 7.15. The Labute approximate surface area is 153 Å². The van der Waals surface area contributed by atoms with Crippen LogP contribution in [0.2, 0.25) is 0 Å². The second-order valence-electron chi connectivity index (χ2n) is 6.04. The average Bonchev–Trinajstić information content (AvgIpc) is 3.33. The first-order valence-corrected chi connectivity index (χ1v) is 9.17. The summed E-state index contributed by atoms with van der Waals surface area (Å²) in [5.74, 6) is -0.212. The van der Waals surface area contributed by atoms with Gasteiger partial charge < -0.3 is 5.32 Å². The predicted molar refractivity (Wildman–Crippen MR) is 96.2 cm³/mol. The molecule has 7 nitrogen and oxygen atoms in total. The third kappa shape index (κ3) is 3.63. The average molecular weight is 372 g/mol. The predicted octanol–water partition coefficient (Wildman–Crippen LogP) is 2.58. The molecule has 0 unspecified atom stereocenters. The highest BCUT2D eigenvalue weighted by Gasteiger charge is 2.19. The molecule has 1 aromatic carbocycles. The van der Waals surface area contributed by atoms with E-state index in [4.69, 9.17) is 0 Å². The summed E-state index contributed by atoms with van der Waals surface area (Å²) in [5.41, 5.74) is 0.751. The number of nitrogens with zero attached hydrogens (tertiary/aromatic N) is 4. The van der Waals surface area contributed by atoms with Gasteiger partial charge in [0.25, 0.3) is 5.91 Å². The van der Waals surface area contributed by atoms with Crippen molar-refractivity contribution in [3.8, 4) is 5.69 Å². The van der Waals surface area contributed by atoms with Crippen LogP contribution in [-0.4, -0.2) is 39.0 Å². The van der Waals surface area contributed by atoms with E-state index in [-0.39, 0.29) is 17.4 Å². The molecule has 0 saturated carbocycles. The molecule has 0 spiro atoms. The molecule has 1 saturated heterocycles. The third-order valence-electron chi connectivity index (χ3n) is 4.27. The van der Waals surface area contributed by atoms with E-state index in [0.29, 0.717) is 16.7 Å². The lowest BCUT2D eigenvalue weighted by Gasteiger charge is -2.20. The lowest BCUT2D eigenvalue weighted by Crippen LogP contribution is -2.26. The van der Waals surface area contributed by atoms with E-state index in [2.05, 4.69) is 25.8 Å². The fourth-order valence-corrected chi connectivity index (χ4v) is 3.85. The number of carbonyl (C=O) groups is 1. The van der Waals surface area contributed by atoms with Crippen molar-refractivity contribution in [2.45, 2.75) is 18.8 Å². The number of rotatable bonds is 4. The van der Waals surface area contributed by atoms with Gasteiger partial charge in [0.1, 0.15) is 5.82 Å². The van der Waals surface area contributed by atoms with Gasteiger partial charge in [0.15, 0.2) is 10.8 Å². The number of hydrogen-bond acceptors (Lipinski definition) is 6. The molecule has 3 heterocycles. The maximum atomic E-state index is 13.0. The van der Waals surface area contributed by atoms with Crippen LogP contribution in [0, 0.1) is 5.82 Å². The Morgan fingerprint density at radius 2 is 2.00 bits per heavy atom. The summed E-state index contributed by atoms with van der Waals surface area (Å²) in [6, 6.07) is 5.72. The highest BCUT2D eigenvalue weighted by Crippen LogP contribution is 2.31. The first-order chi connectivity index (χ1) is 12.7. The number of hydrogen-bond donors (Lipinski definition) is 2. The molecule has 0 atom stereocenters. The molecule has 0 bridgehead atoms. The zero-order chi connectivity index (χ0) is 17.9. The number of aromatic nitrogens is 4. The van der Waals surface area contributed by atoms with E-state index in [9.17, 15) is 9.18 Å². The second-order valence-corrected chi connectivity index (χ2v) is 7.10. The standard InChI is InChI=1S/C17H17FN6OS/c18-12-1-3-13(4-2-12)24-21-9-14(23-24)16(25)22-17-20-10-15(26-17)11-5-7-19-8-6-11/h1-4,9-11,19H,5-8H2,(H,20,22,25). The zero-order valence-corrected chi connectivity index (χ0v) is 14.7. The second kappa shape index (κ2) is 7.30. The minimum absolute atomic E-state index is 0.174. The molecule has 2 aromatic heterocycles. The van der Waals surface area contributed by atoms with Crippen LogP contribution < -0.4 is 10.6 Å². The van der Waals surface area contributed by atoms with E-state index in [1.54, 1.807) is 12.1 Å². The molecule has 26 heavy (non-hydrogen) atoms. The minimum Gasteiger partial charge on any atom is -0.317 e. The topological polar surface area (TPSA) is 84.7 Å². The maximum Gasteiger partial charge on any atom is 0.279 e. The normalized spacial score (nSPS) is 15.1. The lowest BCUT2D eigenvalue weighted by atomic mass is 9.97. The van der Waals surface area contributed by atoms with Crippen LogP contribution >= 0.6 is 11.3 Å². The number of thiazole rings is 1. The van der Waals surface area contributed by atoms with Gasteiger partial charge in [0.2, 0.25) is 0 Å². The summed E-state index contributed by atoms with van der Waals surface area (Å²) < 4.78 is 13.0. The van der Waals surface area contributed by atoms with Crippen molar-refractivity contribution in [2.24, 2.45) is 0 Å². The SMILES string of the molecule is O=C(Nc1ncc(C2CCNCC2)s1)c1cnn(-c2ccc(F)cc2)n1. The Morgan fingerprint density at radius 1 is 1.23 bits per heavy atom. The van der Waals surface area contributed by atoms with E-state index >= 15 is 0 Å². The number of anilines is 1. The molecule has 0 radical (unpaired) electrons. The van der Waals surface area contributed by atoms with Gasteiger partial charge in [-0.05, 0) is 56.1 Å². The molecule has 1 aliphatic rings. The molecule has 9 heteroatoms. The van der Waals surface area contributed by atoms with Crippen LogP contribution in [-0.2, 0) is 0 Å². The molecule has 1 amide bonds. The Morgan fingerprint density at radius 3 is 2.77 bits per heavy atom. The molecule has 4 rings (SSSR count). The molecular formula is C17H17FN6OS. The zero-order valence-electron chi connectivity index (χ0n) is 13.9. The van der Waals surface area contributed by atoms with Gasteiger partial charge in [-0.1, -0.05) is 0 Å². The number of nitrogens with one attached hydrogen (secondary N) is 2. The molecule has 134 valence electrons. The van der Waals surface area contributed by atoms with Gasteiger partial charge in [-0.2, -0.15) is 9.90 Å². The summed E-state index contributed by atoms with van der Waals surface area (Å²) in [6.07, 6.45) is 5.38. The largest absolute Gasteiger partial charge is 0.317 e. The molecule has 1 fully saturated rings. The van der Waals surface area contributed by atoms with Crippen LogP contribution in [0.15, 0.2) is 36.7 Å². The lowest BCUT2D eigenvalue weighted by molar-refractivity contribution is 0.102. The summed E-state index contributed by atoms with van der Waals surface area (Å²) in [6.45, 7) is 2.02. The van der Waals surface area contributed by atoms with Crippen molar-refractivity contribution in [3.05, 3.63) is 53.0 Å². The Kier molecular flexibility index (Phi) is 4.72. The van der Waals surface area contributed by atoms with Gasteiger partial charge >= 0.3 is 0 Å². The van der Waals surface area contributed by atoms with Gasteiger partial charge in [0, 0.05) is 11.1 Å². The van der Waals surface area contributed by atoms with Crippen LogP contribution in [0.4, 0.5) is 9.52 Å². The van der Waals surface area contributed by atoms with E-state index in [1.165, 1.54) is 39.3 Å². The van der Waals surface area contributed by atoms with Crippen molar-refractivity contribution in [2.75, 3.05) is 18.4 Å². The maximum absolute atomic E-state index is 13.0. The highest BCUT2D eigenvalue weighted by atomic mass is 32.1. The fourth-order valence-electron chi connectivity index (χ4n) is 2.87. The van der Waals surface area contributed by atoms with Crippen LogP contribution in [0.1, 0.15) is 34.1 Å². The summed E-state index contributed by atoms with van der Waals surface area (Å²) in [7, 11) is 0. The van der Waals surface area contributed by atoms with E-state index in [1.807, 2.05) is 6.20 Å². The monoisotopic (exact) mass is 372 g/mol. The molecular weight excluding hydrogens is 355 g/mol. The summed E-state index contributed by atoms with van der Waals surface area (Å²) in [5, 5.41) is 14.9. The number of piperidine rings is 1. The number of carbonyl (C=O) groups excluding carboxylic acids is 1. The fraction of sp³-hybridized carbons (Fsp3) is 0.294. The smallest absolute Gasteiger partial charge is 0.279 e. The summed E-state index contributed by atoms with van der Waals surface area (Å²) in [4.78, 5) is 19.1. The quantitative estimate of drug-likeness (QED) is 0.735. The Balaban J connectivity index is 1.44. The molecule has 1 aliphatic heterocycles. The number of benzene rings is 1.